The first-order valence-electron chi connectivity index (χ1n) is 4.19. The zero-order valence-electron chi connectivity index (χ0n) is 8.48. The normalized spacial score (nSPS) is 14.2. The first kappa shape index (κ1) is 14.6. The Hall–Kier alpha value is -0.360. The van der Waals surface area contributed by atoms with E-state index < -0.39 is 16.9 Å². The number of nitrogens with zero attached hydrogens (tertiary/aromatic N) is 2. The standard InChI is InChI=1S/C6H16N2O7/c1-5(2)13-3-6(15-8(11)12)4-14-7(9)10/h5-6,9-12H,3-4H2,1-2H3. The lowest BCUT2D eigenvalue weighted by molar-refractivity contribution is -0.528. The molecule has 0 aromatic heterocycles. The second-order valence-corrected chi connectivity index (χ2v) is 2.91. The maximum Gasteiger partial charge on any atom is 0.133 e. The molecular formula is C6H16N2O7. The molecular weight excluding hydrogens is 212 g/mol. The van der Waals surface area contributed by atoms with Gasteiger partial charge in [0.2, 0.25) is 0 Å². The third kappa shape index (κ3) is 9.93. The van der Waals surface area contributed by atoms with Gasteiger partial charge in [-0.25, -0.2) is 9.68 Å². The van der Waals surface area contributed by atoms with E-state index in [4.69, 9.17) is 25.6 Å². The van der Waals surface area contributed by atoms with E-state index in [9.17, 15) is 0 Å². The van der Waals surface area contributed by atoms with Gasteiger partial charge in [0.25, 0.3) is 0 Å². The van der Waals surface area contributed by atoms with Crippen LogP contribution in [0.15, 0.2) is 0 Å². The minimum Gasteiger partial charge on any atom is -0.376 e. The molecule has 0 aromatic rings. The van der Waals surface area contributed by atoms with Gasteiger partial charge in [-0.05, 0) is 13.8 Å². The quantitative estimate of drug-likeness (QED) is 0.419. The lowest BCUT2D eigenvalue weighted by Crippen LogP contribution is -2.35. The Morgan fingerprint density at radius 3 is 2.00 bits per heavy atom. The summed E-state index contributed by atoms with van der Waals surface area (Å²) in [6.07, 6.45) is -0.981. The Bertz CT molecular complexity index is 142. The highest BCUT2D eigenvalue weighted by Gasteiger charge is 2.16. The van der Waals surface area contributed by atoms with Crippen LogP contribution in [0.25, 0.3) is 0 Å². The summed E-state index contributed by atoms with van der Waals surface area (Å²) in [6.45, 7) is 3.20. The zero-order chi connectivity index (χ0) is 11.8. The van der Waals surface area contributed by atoms with Crippen molar-refractivity contribution in [2.24, 2.45) is 0 Å². The molecule has 0 saturated heterocycles. The second kappa shape index (κ2) is 7.87. The highest BCUT2D eigenvalue weighted by molar-refractivity contribution is 4.53. The summed E-state index contributed by atoms with van der Waals surface area (Å²) in [7, 11) is 0. The molecule has 0 spiro atoms. The fraction of sp³-hybridized carbons (Fsp3) is 1.00. The molecule has 0 aliphatic rings. The van der Waals surface area contributed by atoms with Gasteiger partial charge in [-0.1, -0.05) is 0 Å². The van der Waals surface area contributed by atoms with Gasteiger partial charge in [0.05, 0.1) is 23.5 Å². The van der Waals surface area contributed by atoms with Crippen LogP contribution in [0.2, 0.25) is 0 Å². The minimum absolute atomic E-state index is 0.0108. The average molecular weight is 228 g/mol. The van der Waals surface area contributed by atoms with Gasteiger partial charge in [0, 0.05) is 0 Å². The monoisotopic (exact) mass is 228 g/mol. The van der Waals surface area contributed by atoms with Crippen molar-refractivity contribution in [3.63, 3.8) is 0 Å². The molecule has 0 heterocycles. The van der Waals surface area contributed by atoms with E-state index in [0.717, 1.165) is 0 Å². The van der Waals surface area contributed by atoms with E-state index in [0.29, 0.717) is 0 Å². The number of ether oxygens (including phenoxy) is 1. The third-order valence-electron chi connectivity index (χ3n) is 1.23. The van der Waals surface area contributed by atoms with E-state index in [1.54, 1.807) is 13.8 Å². The molecule has 9 heteroatoms. The van der Waals surface area contributed by atoms with E-state index >= 15 is 0 Å². The summed E-state index contributed by atoms with van der Waals surface area (Å²) >= 11 is 0. The molecule has 1 unspecified atom stereocenters. The first-order valence-corrected chi connectivity index (χ1v) is 4.19. The van der Waals surface area contributed by atoms with Gasteiger partial charge in [0.15, 0.2) is 0 Å². The summed E-state index contributed by atoms with van der Waals surface area (Å²) in [4.78, 5) is 8.62. The molecule has 4 N–H and O–H groups in total. The molecule has 15 heavy (non-hydrogen) atoms. The molecule has 0 amide bonds. The van der Waals surface area contributed by atoms with Gasteiger partial charge in [0.1, 0.15) is 12.7 Å². The Balaban J connectivity index is 3.84. The maximum absolute atomic E-state index is 8.37. The summed E-state index contributed by atoms with van der Waals surface area (Å²) < 4.78 is 5.10. The second-order valence-electron chi connectivity index (χ2n) is 2.91. The fourth-order valence-electron chi connectivity index (χ4n) is 0.692. The zero-order valence-corrected chi connectivity index (χ0v) is 8.48. The highest BCUT2D eigenvalue weighted by atomic mass is 17.1. The summed E-state index contributed by atoms with van der Waals surface area (Å²) in [5, 5.41) is 32.2. The Morgan fingerprint density at radius 1 is 1.00 bits per heavy atom. The van der Waals surface area contributed by atoms with Gasteiger partial charge >= 0.3 is 0 Å². The van der Waals surface area contributed by atoms with Crippen LogP contribution in [-0.2, 0) is 14.4 Å². The number of rotatable bonds is 8. The van der Waals surface area contributed by atoms with Crippen molar-refractivity contribution in [1.29, 1.82) is 0 Å². The van der Waals surface area contributed by atoms with E-state index in [-0.39, 0.29) is 19.3 Å². The van der Waals surface area contributed by atoms with Crippen LogP contribution in [-0.4, -0.2) is 57.0 Å². The molecule has 0 bridgehead atoms. The van der Waals surface area contributed by atoms with Crippen molar-refractivity contribution in [3.8, 4) is 0 Å². The smallest absolute Gasteiger partial charge is 0.133 e. The summed E-state index contributed by atoms with van der Waals surface area (Å²) in [6, 6.07) is 0. The predicted octanol–water partition coefficient (Wildman–Crippen LogP) is -0.196. The van der Waals surface area contributed by atoms with Crippen molar-refractivity contribution in [2.45, 2.75) is 26.1 Å². The Kier molecular flexibility index (Phi) is 7.68. The van der Waals surface area contributed by atoms with Gasteiger partial charge in [-0.15, -0.1) is 0 Å². The Labute approximate surface area is 86.3 Å². The molecule has 0 radical (unpaired) electrons. The van der Waals surface area contributed by atoms with Crippen LogP contribution >= 0.6 is 0 Å². The summed E-state index contributed by atoms with van der Waals surface area (Å²) in [5.41, 5.74) is 0. The van der Waals surface area contributed by atoms with Crippen molar-refractivity contribution in [3.05, 3.63) is 0 Å². The van der Waals surface area contributed by atoms with Crippen LogP contribution in [0.1, 0.15) is 13.8 Å². The molecule has 0 saturated carbocycles. The predicted molar refractivity (Wildman–Crippen MR) is 42.7 cm³/mol. The number of hydrogen-bond donors (Lipinski definition) is 4. The van der Waals surface area contributed by atoms with E-state index in [2.05, 4.69) is 9.68 Å². The summed E-state index contributed by atoms with van der Waals surface area (Å²) in [5.74, 6) is 0. The van der Waals surface area contributed by atoms with Crippen molar-refractivity contribution < 1.29 is 35.2 Å². The maximum atomic E-state index is 8.37. The highest BCUT2D eigenvalue weighted by Crippen LogP contribution is 1.99. The van der Waals surface area contributed by atoms with Crippen molar-refractivity contribution in [1.82, 2.24) is 10.8 Å². The molecule has 0 rings (SSSR count). The molecule has 0 aromatic carbocycles. The fourth-order valence-corrected chi connectivity index (χ4v) is 0.692. The molecule has 0 fully saturated rings. The number of hydrogen-bond acceptors (Lipinski definition) is 9. The van der Waals surface area contributed by atoms with E-state index in [1.807, 2.05) is 0 Å². The largest absolute Gasteiger partial charge is 0.376 e. The SMILES string of the molecule is CC(C)OCC(CON(O)O)ON(O)O. The molecule has 0 aliphatic heterocycles. The van der Waals surface area contributed by atoms with Gasteiger partial charge in [-0.2, -0.15) is 0 Å². The van der Waals surface area contributed by atoms with Crippen LogP contribution in [0, 0.1) is 0 Å². The van der Waals surface area contributed by atoms with Gasteiger partial charge < -0.3 is 4.74 Å². The first-order chi connectivity index (χ1) is 6.91. The van der Waals surface area contributed by atoms with Gasteiger partial charge in [-0.3, -0.25) is 20.8 Å². The average Bonchev–Trinajstić information content (AvgIpc) is 2.08. The topological polar surface area (TPSA) is 115 Å². The molecule has 9 nitrogen and oxygen atoms in total. The Morgan fingerprint density at radius 2 is 1.60 bits per heavy atom. The lowest BCUT2D eigenvalue weighted by Gasteiger charge is -2.20. The lowest BCUT2D eigenvalue weighted by atomic mass is 10.4. The van der Waals surface area contributed by atoms with Crippen molar-refractivity contribution >= 4 is 0 Å². The van der Waals surface area contributed by atoms with Crippen molar-refractivity contribution in [2.75, 3.05) is 13.2 Å². The van der Waals surface area contributed by atoms with Crippen LogP contribution in [0.3, 0.4) is 0 Å². The minimum atomic E-state index is -0.899. The van der Waals surface area contributed by atoms with Crippen LogP contribution < -0.4 is 0 Å². The molecule has 1 atom stereocenters. The molecule has 92 valence electrons. The van der Waals surface area contributed by atoms with Crippen LogP contribution in [0.5, 0.6) is 0 Å². The third-order valence-corrected chi connectivity index (χ3v) is 1.23. The van der Waals surface area contributed by atoms with E-state index in [1.165, 1.54) is 0 Å². The van der Waals surface area contributed by atoms with Crippen LogP contribution in [0.4, 0.5) is 0 Å². The molecule has 0 aliphatic carbocycles.